The molecule has 4 heteroatoms. The summed E-state index contributed by atoms with van der Waals surface area (Å²) in [6.45, 7) is 1.69. The van der Waals surface area contributed by atoms with Crippen LogP contribution in [0.15, 0.2) is 0 Å². The van der Waals surface area contributed by atoms with Crippen molar-refractivity contribution in [3.05, 3.63) is 0 Å². The third kappa shape index (κ3) is 6.62. The molecular formula is C4H11NOS2. The SMILES string of the molecule is CN(C)CCOSS. The lowest BCUT2D eigenvalue weighted by Gasteiger charge is -2.06. The summed E-state index contributed by atoms with van der Waals surface area (Å²) in [5, 5.41) is 0. The van der Waals surface area contributed by atoms with Crippen molar-refractivity contribution in [3.63, 3.8) is 0 Å². The van der Waals surface area contributed by atoms with Crippen LogP contribution >= 0.6 is 22.7 Å². The zero-order valence-corrected chi connectivity index (χ0v) is 6.84. The lowest BCUT2D eigenvalue weighted by Crippen LogP contribution is -2.16. The first-order chi connectivity index (χ1) is 3.77. The summed E-state index contributed by atoms with van der Waals surface area (Å²) in [7, 11) is 4.01. The maximum atomic E-state index is 4.88. The molecule has 0 aromatic rings. The summed E-state index contributed by atoms with van der Waals surface area (Å²) in [5.74, 6) is 0. The van der Waals surface area contributed by atoms with Crippen LogP contribution in [0.25, 0.3) is 0 Å². The van der Waals surface area contributed by atoms with Gasteiger partial charge in [0, 0.05) is 6.54 Å². The van der Waals surface area contributed by atoms with E-state index in [0.29, 0.717) is 0 Å². The Morgan fingerprint density at radius 3 is 2.62 bits per heavy atom. The molecule has 0 fully saturated rings. The van der Waals surface area contributed by atoms with Crippen molar-refractivity contribution in [2.75, 3.05) is 27.2 Å². The van der Waals surface area contributed by atoms with E-state index in [-0.39, 0.29) is 0 Å². The number of nitrogens with zero attached hydrogens (tertiary/aromatic N) is 1. The fourth-order valence-electron chi connectivity index (χ4n) is 0.257. The van der Waals surface area contributed by atoms with E-state index in [1.807, 2.05) is 14.1 Å². The highest BCUT2D eigenvalue weighted by Crippen LogP contribution is 2.04. The van der Waals surface area contributed by atoms with Gasteiger partial charge in [0.05, 0.1) is 17.7 Å². The van der Waals surface area contributed by atoms with Gasteiger partial charge in [-0.3, -0.25) is 0 Å². The molecule has 0 rings (SSSR count). The van der Waals surface area contributed by atoms with Gasteiger partial charge in [0.2, 0.25) is 0 Å². The number of rotatable bonds is 4. The minimum atomic E-state index is 0.737. The summed E-state index contributed by atoms with van der Waals surface area (Å²) >= 11 is 4.91. The Hall–Kier alpha value is 0.620. The molecule has 0 aliphatic carbocycles. The van der Waals surface area contributed by atoms with Gasteiger partial charge in [-0.2, -0.15) is 0 Å². The summed E-state index contributed by atoms with van der Waals surface area (Å²) in [6, 6.07) is 0. The van der Waals surface area contributed by atoms with Crippen LogP contribution in [0.5, 0.6) is 0 Å². The third-order valence-electron chi connectivity index (χ3n) is 0.675. The van der Waals surface area contributed by atoms with Crippen LogP contribution in [0.3, 0.4) is 0 Å². The second kappa shape index (κ2) is 5.75. The predicted molar refractivity (Wildman–Crippen MR) is 41.1 cm³/mol. The van der Waals surface area contributed by atoms with E-state index in [2.05, 4.69) is 16.6 Å². The van der Waals surface area contributed by atoms with E-state index in [4.69, 9.17) is 4.18 Å². The molecule has 0 bridgehead atoms. The van der Waals surface area contributed by atoms with Crippen LogP contribution in [0, 0.1) is 0 Å². The van der Waals surface area contributed by atoms with Crippen LogP contribution in [0.1, 0.15) is 0 Å². The van der Waals surface area contributed by atoms with Crippen LogP contribution in [-0.2, 0) is 4.18 Å². The van der Waals surface area contributed by atoms with Crippen molar-refractivity contribution >= 4 is 22.7 Å². The molecule has 0 atom stereocenters. The molecule has 0 heterocycles. The van der Waals surface area contributed by atoms with E-state index in [1.165, 1.54) is 0 Å². The first-order valence-electron chi connectivity index (χ1n) is 2.35. The zero-order valence-electron chi connectivity index (χ0n) is 5.13. The van der Waals surface area contributed by atoms with Gasteiger partial charge < -0.3 is 9.08 Å². The van der Waals surface area contributed by atoms with Gasteiger partial charge >= 0.3 is 0 Å². The molecule has 0 aliphatic rings. The zero-order chi connectivity index (χ0) is 6.41. The highest BCUT2D eigenvalue weighted by atomic mass is 33.1. The van der Waals surface area contributed by atoms with E-state index < -0.39 is 0 Å². The Morgan fingerprint density at radius 2 is 2.25 bits per heavy atom. The van der Waals surface area contributed by atoms with E-state index in [0.717, 1.165) is 24.2 Å². The maximum Gasteiger partial charge on any atom is 0.0750 e. The summed E-state index contributed by atoms with van der Waals surface area (Å²) in [6.07, 6.45) is 0. The molecule has 0 aromatic carbocycles. The Bertz CT molecular complexity index is 51.3. The predicted octanol–water partition coefficient (Wildman–Crippen LogP) is 1.06. The molecule has 0 saturated heterocycles. The lowest BCUT2D eigenvalue weighted by molar-refractivity contribution is 0.296. The van der Waals surface area contributed by atoms with Crippen molar-refractivity contribution in [2.24, 2.45) is 0 Å². The summed E-state index contributed by atoms with van der Waals surface area (Å²) < 4.78 is 4.88. The van der Waals surface area contributed by atoms with Gasteiger partial charge in [-0.25, -0.2) is 0 Å². The van der Waals surface area contributed by atoms with Gasteiger partial charge in [-0.15, -0.1) is 0 Å². The van der Waals surface area contributed by atoms with Crippen LogP contribution in [-0.4, -0.2) is 32.1 Å². The number of likely N-dealkylation sites (N-methyl/N-ethyl adjacent to an activating group) is 1. The highest BCUT2D eigenvalue weighted by molar-refractivity contribution is 8.66. The smallest absolute Gasteiger partial charge is 0.0750 e. The molecule has 0 spiro atoms. The average molecular weight is 153 g/mol. The molecule has 0 saturated carbocycles. The number of thiol groups is 1. The van der Waals surface area contributed by atoms with Crippen molar-refractivity contribution in [2.45, 2.75) is 0 Å². The molecule has 50 valence electrons. The summed E-state index contributed by atoms with van der Waals surface area (Å²) in [4.78, 5) is 2.06. The van der Waals surface area contributed by atoms with Gasteiger partial charge in [0.15, 0.2) is 0 Å². The van der Waals surface area contributed by atoms with Crippen LogP contribution in [0.2, 0.25) is 0 Å². The second-order valence-corrected chi connectivity index (χ2v) is 2.53. The van der Waals surface area contributed by atoms with Crippen LogP contribution in [0.4, 0.5) is 0 Å². The molecular weight excluding hydrogens is 142 g/mol. The lowest BCUT2D eigenvalue weighted by atomic mass is 10.6. The Labute approximate surface area is 59.6 Å². The highest BCUT2D eigenvalue weighted by Gasteiger charge is 1.87. The van der Waals surface area contributed by atoms with Crippen molar-refractivity contribution < 1.29 is 4.18 Å². The fraction of sp³-hybridized carbons (Fsp3) is 1.00. The molecule has 8 heavy (non-hydrogen) atoms. The van der Waals surface area contributed by atoms with Gasteiger partial charge in [0.1, 0.15) is 0 Å². The molecule has 0 radical (unpaired) electrons. The van der Waals surface area contributed by atoms with Crippen LogP contribution < -0.4 is 0 Å². The Morgan fingerprint density at radius 1 is 1.62 bits per heavy atom. The number of hydrogen-bond donors (Lipinski definition) is 1. The molecule has 0 unspecified atom stereocenters. The Balaban J connectivity index is 2.72. The van der Waals surface area contributed by atoms with Gasteiger partial charge in [-0.05, 0) is 14.1 Å². The minimum absolute atomic E-state index is 0.737. The van der Waals surface area contributed by atoms with Crippen molar-refractivity contribution in [3.8, 4) is 0 Å². The van der Waals surface area contributed by atoms with Crippen molar-refractivity contribution in [1.82, 2.24) is 4.90 Å². The summed E-state index contributed by atoms with van der Waals surface area (Å²) in [5.41, 5.74) is 0. The first-order valence-corrected chi connectivity index (χ1v) is 4.14. The fourth-order valence-corrected chi connectivity index (χ4v) is 0.630. The molecule has 0 N–H and O–H groups in total. The van der Waals surface area contributed by atoms with Gasteiger partial charge in [0.25, 0.3) is 0 Å². The molecule has 0 amide bonds. The van der Waals surface area contributed by atoms with E-state index >= 15 is 0 Å². The molecule has 0 aromatic heterocycles. The van der Waals surface area contributed by atoms with E-state index in [9.17, 15) is 0 Å². The largest absolute Gasteiger partial charge is 0.307 e. The topological polar surface area (TPSA) is 12.5 Å². The Kier molecular flexibility index (Phi) is 6.20. The molecule has 2 nitrogen and oxygen atoms in total. The van der Waals surface area contributed by atoms with Gasteiger partial charge in [-0.1, -0.05) is 11.7 Å². The first kappa shape index (κ1) is 8.62. The molecule has 0 aliphatic heterocycles. The third-order valence-corrected chi connectivity index (χ3v) is 1.26. The second-order valence-electron chi connectivity index (χ2n) is 1.70. The average Bonchev–Trinajstić information content (AvgIpc) is 1.66. The standard InChI is InChI=1S/C4H11NOS2/c1-5(2)3-4-6-8-7/h7H,3-4H2,1-2H3. The normalized spacial score (nSPS) is 10.5. The minimum Gasteiger partial charge on any atom is -0.307 e. The number of hydrogen-bond acceptors (Lipinski definition) is 4. The quantitative estimate of drug-likeness (QED) is 0.281. The maximum absolute atomic E-state index is 4.88. The van der Waals surface area contributed by atoms with Crippen molar-refractivity contribution in [1.29, 1.82) is 0 Å². The van der Waals surface area contributed by atoms with E-state index in [1.54, 1.807) is 0 Å². The monoisotopic (exact) mass is 153 g/mol.